The van der Waals surface area contributed by atoms with E-state index in [1.807, 2.05) is 0 Å². The molecule has 10 heteroatoms. The van der Waals surface area contributed by atoms with E-state index in [0.717, 1.165) is 12.1 Å². The largest absolute Gasteiger partial charge is 0.484 e. The summed E-state index contributed by atoms with van der Waals surface area (Å²) in [7, 11) is 0. The number of ether oxygens (including phenoxy) is 1. The number of amides is 3. The molecular formula is C23H22ClF2N3O4. The van der Waals surface area contributed by atoms with E-state index in [1.165, 1.54) is 31.2 Å². The van der Waals surface area contributed by atoms with Gasteiger partial charge in [-0.2, -0.15) is 0 Å². The highest BCUT2D eigenvalue weighted by Gasteiger charge is 2.57. The predicted molar refractivity (Wildman–Crippen MR) is 117 cm³/mol. The molecule has 0 heterocycles. The van der Waals surface area contributed by atoms with Gasteiger partial charge >= 0.3 is 0 Å². The summed E-state index contributed by atoms with van der Waals surface area (Å²) in [6.45, 7) is 1.02. The second kappa shape index (κ2) is 8.97. The molecule has 2 aromatic rings. The molecule has 0 radical (unpaired) electrons. The highest BCUT2D eigenvalue weighted by atomic mass is 35.5. The summed E-state index contributed by atoms with van der Waals surface area (Å²) in [5.74, 6) is -2.07. The molecule has 2 bridgehead atoms. The van der Waals surface area contributed by atoms with Gasteiger partial charge in [0.15, 0.2) is 6.61 Å². The molecular weight excluding hydrogens is 456 g/mol. The zero-order chi connectivity index (χ0) is 23.8. The Morgan fingerprint density at radius 2 is 1.88 bits per heavy atom. The number of hydrogen-bond donors (Lipinski definition) is 3. The summed E-state index contributed by atoms with van der Waals surface area (Å²) in [5.41, 5.74) is -0.182. The lowest BCUT2D eigenvalue weighted by Gasteiger charge is -2.39. The number of rotatable bonds is 7. The molecule has 3 amide bonds. The Kier molecular flexibility index (Phi) is 6.25. The van der Waals surface area contributed by atoms with Crippen molar-refractivity contribution in [3.8, 4) is 5.75 Å². The summed E-state index contributed by atoms with van der Waals surface area (Å²) in [6.07, 6.45) is 1.91. The van der Waals surface area contributed by atoms with Crippen LogP contribution in [0.3, 0.4) is 0 Å². The third kappa shape index (κ3) is 5.08. The first-order valence-electron chi connectivity index (χ1n) is 10.4. The summed E-state index contributed by atoms with van der Waals surface area (Å²) in [4.78, 5) is 36.5. The molecule has 174 valence electrons. The molecule has 7 nitrogen and oxygen atoms in total. The smallest absolute Gasteiger partial charge is 0.258 e. The Morgan fingerprint density at radius 1 is 1.12 bits per heavy atom. The average Bonchev–Trinajstić information content (AvgIpc) is 3.23. The molecule has 1 unspecified atom stereocenters. The predicted octanol–water partition coefficient (Wildman–Crippen LogP) is 3.42. The highest BCUT2D eigenvalue weighted by molar-refractivity contribution is 6.30. The second-order valence-electron chi connectivity index (χ2n) is 8.52. The lowest BCUT2D eigenvalue weighted by molar-refractivity contribution is -0.126. The molecule has 0 aromatic heterocycles. The molecule has 3 saturated carbocycles. The Labute approximate surface area is 193 Å². The van der Waals surface area contributed by atoms with Crippen molar-refractivity contribution in [3.63, 3.8) is 0 Å². The fraction of sp³-hybridized carbons (Fsp3) is 0.348. The molecule has 0 aliphatic heterocycles. The first-order chi connectivity index (χ1) is 15.6. The van der Waals surface area contributed by atoms with Crippen LogP contribution in [-0.2, 0) is 9.59 Å². The van der Waals surface area contributed by atoms with Gasteiger partial charge in [0, 0.05) is 24.6 Å². The van der Waals surface area contributed by atoms with E-state index in [9.17, 15) is 23.2 Å². The fourth-order valence-electron chi connectivity index (χ4n) is 4.60. The first kappa shape index (κ1) is 23.0. The topological polar surface area (TPSA) is 96.5 Å². The molecule has 2 aromatic carbocycles. The van der Waals surface area contributed by atoms with Crippen LogP contribution in [-0.4, -0.2) is 35.9 Å². The van der Waals surface area contributed by atoms with E-state index in [2.05, 4.69) is 16.0 Å². The van der Waals surface area contributed by atoms with E-state index in [-0.39, 0.29) is 52.4 Å². The number of nitrogens with one attached hydrogen (secondary N) is 3. The molecule has 3 aliphatic carbocycles. The van der Waals surface area contributed by atoms with Crippen molar-refractivity contribution in [1.82, 2.24) is 10.6 Å². The lowest BCUT2D eigenvalue weighted by atomic mass is 9.76. The summed E-state index contributed by atoms with van der Waals surface area (Å²) in [5, 5.41) is 8.35. The van der Waals surface area contributed by atoms with Gasteiger partial charge in [0.2, 0.25) is 5.91 Å². The van der Waals surface area contributed by atoms with Crippen molar-refractivity contribution in [3.05, 3.63) is 58.6 Å². The number of carbonyl (C=O) groups excluding carboxylic acids is 3. The fourth-order valence-corrected chi connectivity index (χ4v) is 4.72. The normalized spacial score (nSPS) is 22.8. The monoisotopic (exact) mass is 477 g/mol. The van der Waals surface area contributed by atoms with Gasteiger partial charge in [-0.25, -0.2) is 8.78 Å². The number of hydrogen-bond acceptors (Lipinski definition) is 4. The minimum Gasteiger partial charge on any atom is -0.484 e. The van der Waals surface area contributed by atoms with E-state index in [4.69, 9.17) is 16.3 Å². The van der Waals surface area contributed by atoms with Crippen molar-refractivity contribution in [2.45, 2.75) is 37.8 Å². The zero-order valence-electron chi connectivity index (χ0n) is 17.7. The SMILES string of the molecule is CC(=O)Nc1ccc(F)cc1C(=O)NC1CC2(NC(=O)COc3ccc(Cl)c(F)c3)CC1C2. The minimum absolute atomic E-state index is 0.0346. The Morgan fingerprint density at radius 3 is 2.58 bits per heavy atom. The lowest BCUT2D eigenvalue weighted by Crippen LogP contribution is -2.53. The average molecular weight is 478 g/mol. The summed E-state index contributed by atoms with van der Waals surface area (Å²) >= 11 is 5.63. The summed E-state index contributed by atoms with van der Waals surface area (Å²) in [6, 6.07) is 7.31. The van der Waals surface area contributed by atoms with Crippen LogP contribution < -0.4 is 20.7 Å². The van der Waals surface area contributed by atoms with Gasteiger partial charge in [0.25, 0.3) is 11.8 Å². The Bertz CT molecular complexity index is 1120. The van der Waals surface area contributed by atoms with Gasteiger partial charge in [-0.15, -0.1) is 0 Å². The quantitative estimate of drug-likeness (QED) is 0.569. The molecule has 3 N–H and O–H groups in total. The van der Waals surface area contributed by atoms with Gasteiger partial charge in [-0.3, -0.25) is 14.4 Å². The third-order valence-corrected chi connectivity index (χ3v) is 6.31. The Hall–Kier alpha value is -3.20. The number of anilines is 1. The van der Waals surface area contributed by atoms with Gasteiger partial charge in [-0.05, 0) is 55.5 Å². The maximum absolute atomic E-state index is 13.7. The first-order valence-corrected chi connectivity index (χ1v) is 10.8. The molecule has 3 fully saturated rings. The van der Waals surface area contributed by atoms with Crippen LogP contribution in [0, 0.1) is 17.6 Å². The maximum atomic E-state index is 13.7. The number of halogens is 3. The zero-order valence-corrected chi connectivity index (χ0v) is 18.5. The molecule has 1 atom stereocenters. The van der Waals surface area contributed by atoms with Crippen molar-refractivity contribution >= 4 is 35.0 Å². The second-order valence-corrected chi connectivity index (χ2v) is 8.92. The Balaban J connectivity index is 1.32. The van der Waals surface area contributed by atoms with Gasteiger partial charge in [0.1, 0.15) is 17.4 Å². The van der Waals surface area contributed by atoms with Crippen LogP contribution in [0.2, 0.25) is 5.02 Å². The van der Waals surface area contributed by atoms with E-state index in [1.54, 1.807) is 0 Å². The van der Waals surface area contributed by atoms with Crippen molar-refractivity contribution in [1.29, 1.82) is 0 Å². The molecule has 5 rings (SSSR count). The van der Waals surface area contributed by atoms with Crippen LogP contribution in [0.25, 0.3) is 0 Å². The van der Waals surface area contributed by atoms with E-state index >= 15 is 0 Å². The van der Waals surface area contributed by atoms with Crippen molar-refractivity contribution in [2.75, 3.05) is 11.9 Å². The number of fused-ring (bicyclic) bond motifs is 1. The summed E-state index contributed by atoms with van der Waals surface area (Å²) < 4.78 is 32.5. The number of carbonyl (C=O) groups is 3. The molecule has 0 saturated heterocycles. The standard InChI is InChI=1S/C23H22ClF2N3O4/c1-12(30)27-19-5-2-14(25)6-16(19)22(32)28-20-10-23(8-13(20)9-23)29-21(31)11-33-15-3-4-17(24)18(26)7-15/h2-7,13,20H,8-11H2,1H3,(H,27,30)(H,28,32)(H,29,31). The molecule has 0 spiro atoms. The van der Waals surface area contributed by atoms with Crippen molar-refractivity contribution in [2.24, 2.45) is 5.92 Å². The minimum atomic E-state index is -0.635. The van der Waals surface area contributed by atoms with E-state index in [0.29, 0.717) is 19.3 Å². The molecule has 33 heavy (non-hydrogen) atoms. The van der Waals surface area contributed by atoms with Gasteiger partial charge in [-0.1, -0.05) is 11.6 Å². The highest BCUT2D eigenvalue weighted by Crippen LogP contribution is 2.52. The van der Waals surface area contributed by atoms with Crippen LogP contribution in [0.15, 0.2) is 36.4 Å². The third-order valence-electron chi connectivity index (χ3n) is 6.00. The van der Waals surface area contributed by atoms with Crippen LogP contribution in [0.5, 0.6) is 5.75 Å². The number of benzene rings is 2. The van der Waals surface area contributed by atoms with Crippen LogP contribution >= 0.6 is 11.6 Å². The van der Waals surface area contributed by atoms with Gasteiger partial charge < -0.3 is 20.7 Å². The van der Waals surface area contributed by atoms with E-state index < -0.39 is 23.1 Å². The van der Waals surface area contributed by atoms with Crippen molar-refractivity contribution < 1.29 is 27.9 Å². The maximum Gasteiger partial charge on any atom is 0.258 e. The van der Waals surface area contributed by atoms with Gasteiger partial charge in [0.05, 0.1) is 16.3 Å². The van der Waals surface area contributed by atoms with Crippen LogP contribution in [0.1, 0.15) is 36.5 Å². The molecule has 3 aliphatic rings. The van der Waals surface area contributed by atoms with Crippen LogP contribution in [0.4, 0.5) is 14.5 Å².